The summed E-state index contributed by atoms with van der Waals surface area (Å²) < 4.78 is 18.7. The number of ether oxygens (including phenoxy) is 3. The van der Waals surface area contributed by atoms with Crippen molar-refractivity contribution in [3.05, 3.63) is 164 Å². The average Bonchev–Trinajstić information content (AvgIpc) is 0.757. The zero-order chi connectivity index (χ0) is 73.2. The second kappa shape index (κ2) is 30.5. The average molecular weight is 1450 g/mol. The van der Waals surface area contributed by atoms with Crippen LogP contribution in [0.5, 0.6) is 69.0 Å². The number of nitrogens with one attached hydrogen (secondary N) is 8. The van der Waals surface area contributed by atoms with E-state index in [-0.39, 0.29) is 103 Å². The molecule has 30 heteroatoms. The van der Waals surface area contributed by atoms with E-state index in [4.69, 9.17) is 43.1 Å². The highest BCUT2D eigenvalue weighted by atomic mass is 35.5. The lowest BCUT2D eigenvalue weighted by atomic mass is 9.87. The molecule has 28 nitrogen and oxygen atoms in total. The van der Waals surface area contributed by atoms with Gasteiger partial charge < -0.3 is 108 Å². The Kier molecular flexibility index (Phi) is 21.4. The molecule has 1 fully saturated rings. The van der Waals surface area contributed by atoms with Crippen LogP contribution in [0.15, 0.2) is 109 Å². The van der Waals surface area contributed by atoms with Crippen molar-refractivity contribution in [1.82, 2.24) is 52.3 Å². The molecule has 0 saturated carbocycles. The maximum atomic E-state index is 16.1. The van der Waals surface area contributed by atoms with Crippen molar-refractivity contribution in [3.63, 3.8) is 0 Å². The number of aromatic hydroxyl groups is 6. The van der Waals surface area contributed by atoms with Crippen molar-refractivity contribution in [2.75, 3.05) is 46.8 Å². The number of carbonyl (C=O) groups excluding carboxylic acids is 7. The number of carbonyl (C=O) groups is 7. The molecule has 7 amide bonds. The van der Waals surface area contributed by atoms with Crippen LogP contribution in [0.4, 0.5) is 0 Å². The molecule has 2 unspecified atom stereocenters. The SMILES string of the molecule is CC1CCCCN1CCCNC(=O)[C@H]1NC(=O)[C@H]2NC(=O)[C@@H](NC(=O)[C@H]3NC(=O)[C@H]4NC(=O)[C@H](Cc5ccc(c(Cl)c5)Oc5cc3cc(c5O)Oc3ccc(cc3Cl)C2O)NC(=O)[C@H](N)c2ccc(O)c(c2)Oc2cc(O)cc4c2)c2ccc(O)c(c2)-c2c1cc(O)c(CNCCCN(C)C)c2O. The van der Waals surface area contributed by atoms with Crippen LogP contribution >= 0.6 is 23.2 Å². The number of aliphatic hydroxyl groups excluding tert-OH is 1. The number of benzene rings is 7. The Labute approximate surface area is 600 Å². The van der Waals surface area contributed by atoms with E-state index in [2.05, 4.69) is 54.4 Å². The number of piperidine rings is 1. The van der Waals surface area contributed by atoms with Gasteiger partial charge in [0.25, 0.3) is 0 Å². The molecule has 1 saturated heterocycles. The molecule has 103 heavy (non-hydrogen) atoms. The monoisotopic (exact) mass is 1450 g/mol. The number of nitrogens with two attached hydrogens (primary N) is 1. The van der Waals surface area contributed by atoms with E-state index in [0.717, 1.165) is 62.2 Å². The molecule has 17 bridgehead atoms. The number of hydrogen-bond acceptors (Lipinski definition) is 21. The molecule has 0 radical (unpaired) electrons. The standard InChI is InChI=1S/C73H77Cl2N11O17/c1-34-8-4-5-20-86(34)21-7-18-78-69(96)62-44-32-51(90)45(33-77-17-6-19-85(2)3)65(92)57(44)43-26-37(11-13-49(43)88)59-70(97)84-63(73(100)83-62)64(91)38-12-16-53(47(75)27-38)103-56-30-40-29-55(66(56)93)102-52-15-9-35(22-46(52)74)23-48-67(94)80-60(71(98)82-61(40)72(99)81-59)39-24-41(87)31-42(25-39)101-54-28-36(10-14-50(54)89)58(76)68(95)79-48/h9-16,22,24-32,34,48,58-64,77,87-93H,4-8,17-21,23,33,76H2,1-3H3,(H,78,96)(H,79,95)(H,80,94)(H,81,99)(H,82,98)(H,83,100)(H,84,97)/t34?,48-,58+,59-,60-,61-,62-,63-,64?/m0/s1. The zero-order valence-corrected chi connectivity index (χ0v) is 57.5. The maximum absolute atomic E-state index is 16.1. The third-order valence-corrected chi connectivity index (χ3v) is 19.5. The van der Waals surface area contributed by atoms with E-state index in [0.29, 0.717) is 44.1 Å². The normalized spacial score (nSPS) is 22.1. The summed E-state index contributed by atoms with van der Waals surface area (Å²) in [6.45, 7) is 4.58. The van der Waals surface area contributed by atoms with Gasteiger partial charge in [0.05, 0.1) is 15.6 Å². The van der Waals surface area contributed by atoms with Crippen molar-refractivity contribution >= 4 is 64.6 Å². The molecule has 17 N–H and O–H groups in total. The molecule has 0 aliphatic carbocycles. The second-order valence-corrected chi connectivity index (χ2v) is 27.2. The smallest absolute Gasteiger partial charge is 0.248 e. The summed E-state index contributed by atoms with van der Waals surface area (Å²) in [5, 5.41) is 106. The van der Waals surface area contributed by atoms with Gasteiger partial charge in [0.15, 0.2) is 23.0 Å². The van der Waals surface area contributed by atoms with Crippen LogP contribution in [0.2, 0.25) is 10.0 Å². The lowest BCUT2D eigenvalue weighted by Gasteiger charge is -2.33. The molecule has 14 rings (SSSR count). The van der Waals surface area contributed by atoms with Gasteiger partial charge in [0.1, 0.15) is 88.6 Å². The minimum atomic E-state index is -2.17. The van der Waals surface area contributed by atoms with Crippen LogP contribution < -0.4 is 62.5 Å². The van der Waals surface area contributed by atoms with Gasteiger partial charge in [-0.25, -0.2) is 0 Å². The third-order valence-electron chi connectivity index (χ3n) is 18.9. The fourth-order valence-electron chi connectivity index (χ4n) is 13.3. The van der Waals surface area contributed by atoms with E-state index in [1.54, 1.807) is 0 Å². The van der Waals surface area contributed by atoms with Crippen LogP contribution in [-0.2, 0) is 46.5 Å². The van der Waals surface area contributed by atoms with Crippen LogP contribution in [0.1, 0.15) is 120 Å². The number of amides is 7. The topological polar surface area (TPSA) is 418 Å². The summed E-state index contributed by atoms with van der Waals surface area (Å²) in [4.78, 5) is 112. The first-order valence-corrected chi connectivity index (χ1v) is 34.2. The fourth-order valence-corrected chi connectivity index (χ4v) is 13.8. The molecule has 0 spiro atoms. The van der Waals surface area contributed by atoms with Crippen LogP contribution in [0.25, 0.3) is 11.1 Å². The number of nitrogens with zero attached hydrogens (tertiary/aromatic N) is 2. The fraction of sp³-hybridized carbons (Fsp3) is 0.329. The number of aliphatic hydroxyl groups is 1. The van der Waals surface area contributed by atoms with Gasteiger partial charge in [0, 0.05) is 49.3 Å². The maximum Gasteiger partial charge on any atom is 0.248 e. The Morgan fingerprint density at radius 1 is 0.602 bits per heavy atom. The van der Waals surface area contributed by atoms with Gasteiger partial charge in [-0.3, -0.25) is 33.6 Å². The summed E-state index contributed by atoms with van der Waals surface area (Å²) in [7, 11) is 3.79. The van der Waals surface area contributed by atoms with Gasteiger partial charge >= 0.3 is 0 Å². The molecule has 0 aromatic heterocycles. The summed E-state index contributed by atoms with van der Waals surface area (Å²) in [5.41, 5.74) is 5.07. The Bertz CT molecular complexity index is 4520. The van der Waals surface area contributed by atoms with Gasteiger partial charge in [-0.1, -0.05) is 53.9 Å². The van der Waals surface area contributed by atoms with Crippen molar-refractivity contribution < 1.29 is 83.5 Å². The number of phenols is 6. The van der Waals surface area contributed by atoms with Crippen molar-refractivity contribution in [2.24, 2.45) is 5.73 Å². The predicted octanol–water partition coefficient (Wildman–Crippen LogP) is 6.32. The number of rotatable bonds is 11. The van der Waals surface area contributed by atoms with Crippen LogP contribution in [0.3, 0.4) is 0 Å². The molecule has 9 atom stereocenters. The van der Waals surface area contributed by atoms with Gasteiger partial charge in [-0.2, -0.15) is 0 Å². The van der Waals surface area contributed by atoms with Crippen molar-refractivity contribution in [1.29, 1.82) is 0 Å². The molecule has 7 aliphatic heterocycles. The highest BCUT2D eigenvalue weighted by Crippen LogP contribution is 2.49. The molecule has 7 heterocycles. The third kappa shape index (κ3) is 15.7. The summed E-state index contributed by atoms with van der Waals surface area (Å²) in [6.07, 6.45) is 1.77. The van der Waals surface area contributed by atoms with E-state index in [1.165, 1.54) is 72.8 Å². The lowest BCUT2D eigenvalue weighted by molar-refractivity contribution is -0.137. The van der Waals surface area contributed by atoms with E-state index in [1.807, 2.05) is 19.0 Å². The molecule has 7 aromatic carbocycles. The number of fused-ring (bicyclic) bond motifs is 14. The number of hydrogen-bond donors (Lipinski definition) is 16. The minimum Gasteiger partial charge on any atom is -0.508 e. The van der Waals surface area contributed by atoms with Gasteiger partial charge in [0.2, 0.25) is 47.1 Å². The largest absolute Gasteiger partial charge is 0.508 e. The number of phenolic OH excluding ortho intramolecular Hbond substituents is 6. The minimum absolute atomic E-state index is 0.0754. The Morgan fingerprint density at radius 2 is 1.24 bits per heavy atom. The Morgan fingerprint density at radius 3 is 1.94 bits per heavy atom. The predicted molar refractivity (Wildman–Crippen MR) is 375 cm³/mol. The molecule has 540 valence electrons. The van der Waals surface area contributed by atoms with Crippen molar-refractivity contribution in [2.45, 2.75) is 106 Å². The first-order valence-electron chi connectivity index (χ1n) is 33.5. The highest BCUT2D eigenvalue weighted by Gasteiger charge is 2.42. The molecule has 7 aromatic rings. The summed E-state index contributed by atoms with van der Waals surface area (Å²) >= 11 is 14.0. The number of likely N-dealkylation sites (tertiary alicyclic amines) is 1. The molecular weight excluding hydrogens is 1370 g/mol. The summed E-state index contributed by atoms with van der Waals surface area (Å²) in [5.74, 6) is -13.2. The lowest BCUT2D eigenvalue weighted by Crippen LogP contribution is -2.56. The first kappa shape index (κ1) is 72.2. The summed E-state index contributed by atoms with van der Waals surface area (Å²) in [6, 6.07) is 9.11. The Hall–Kier alpha value is -10.6. The van der Waals surface area contributed by atoms with Gasteiger partial charge in [-0.15, -0.1) is 0 Å². The van der Waals surface area contributed by atoms with E-state index in [9.17, 15) is 40.5 Å². The quantitative estimate of drug-likeness (QED) is 0.0630. The van der Waals surface area contributed by atoms with Crippen molar-refractivity contribution in [3.8, 4) is 80.1 Å². The van der Waals surface area contributed by atoms with E-state index >= 15 is 28.8 Å². The van der Waals surface area contributed by atoms with E-state index < -0.39 is 136 Å². The first-order chi connectivity index (χ1) is 49.3. The second-order valence-electron chi connectivity index (χ2n) is 26.4. The van der Waals surface area contributed by atoms with Crippen LogP contribution in [0, 0.1) is 0 Å². The molecule has 7 aliphatic rings. The van der Waals surface area contributed by atoms with Gasteiger partial charge in [-0.05, 0) is 184 Å². The zero-order valence-electron chi connectivity index (χ0n) is 56.0. The highest BCUT2D eigenvalue weighted by molar-refractivity contribution is 6.32. The van der Waals surface area contributed by atoms with Crippen LogP contribution in [-0.4, -0.2) is 152 Å². The number of halogens is 2. The Balaban J connectivity index is 1.04. The molecular formula is C73H77Cl2N11O17.